The van der Waals surface area contributed by atoms with Gasteiger partial charge in [-0.15, -0.1) is 0 Å². The maximum Gasteiger partial charge on any atom is 0.250 e. The smallest absolute Gasteiger partial charge is 0.250 e. The lowest BCUT2D eigenvalue weighted by molar-refractivity contribution is 0.114. The van der Waals surface area contributed by atoms with E-state index >= 15 is 0 Å². The van der Waals surface area contributed by atoms with Crippen molar-refractivity contribution >= 4 is 23.8 Å². The number of benzene rings is 2. The number of hydrogen-bond donors (Lipinski definition) is 0. The predicted molar refractivity (Wildman–Crippen MR) is 124 cm³/mol. The molecule has 2 aromatic carbocycles. The Labute approximate surface area is 186 Å². The van der Waals surface area contributed by atoms with Gasteiger partial charge in [0, 0.05) is 48.9 Å². The Hall–Kier alpha value is -2.69. The summed E-state index contributed by atoms with van der Waals surface area (Å²) in [6.45, 7) is 3.43. The van der Waals surface area contributed by atoms with Gasteiger partial charge >= 0.3 is 0 Å². The first-order valence-corrected chi connectivity index (χ1v) is 11.1. The Morgan fingerprint density at radius 1 is 0.935 bits per heavy atom. The number of hydrogen-bond acceptors (Lipinski definition) is 2. The van der Waals surface area contributed by atoms with Gasteiger partial charge in [-0.1, -0.05) is 48.0 Å². The fourth-order valence-corrected chi connectivity index (χ4v) is 5.15. The Morgan fingerprint density at radius 3 is 2.48 bits per heavy atom. The van der Waals surface area contributed by atoms with Crippen molar-refractivity contribution in [2.75, 3.05) is 13.1 Å². The highest BCUT2D eigenvalue weighted by molar-refractivity contribution is 6.30. The molecule has 0 radical (unpaired) electrons. The average Bonchev–Trinajstić information content (AvgIpc) is 2.76. The first-order valence-electron chi connectivity index (χ1n) is 10.7. The summed E-state index contributed by atoms with van der Waals surface area (Å²) in [5, 5.41) is 0.718. The van der Waals surface area contributed by atoms with Crippen molar-refractivity contribution in [2.45, 2.75) is 25.4 Å². The van der Waals surface area contributed by atoms with E-state index in [4.69, 9.17) is 11.6 Å². The van der Waals surface area contributed by atoms with Gasteiger partial charge in [0.05, 0.1) is 0 Å². The minimum Gasteiger partial charge on any atom is -0.311 e. The fourth-order valence-electron chi connectivity index (χ4n) is 5.02. The second-order valence-electron chi connectivity index (χ2n) is 8.63. The molecule has 5 rings (SSSR count). The van der Waals surface area contributed by atoms with Crippen molar-refractivity contribution in [1.82, 2.24) is 9.47 Å². The van der Waals surface area contributed by atoms with Crippen LogP contribution in [0.1, 0.15) is 34.7 Å². The molecule has 5 heteroatoms. The molecule has 1 fully saturated rings. The number of halogens is 2. The summed E-state index contributed by atoms with van der Waals surface area (Å²) in [4.78, 5) is 15.1. The van der Waals surface area contributed by atoms with Gasteiger partial charge in [0.2, 0.25) is 0 Å². The van der Waals surface area contributed by atoms with Crippen LogP contribution < -0.4 is 5.56 Å². The molecule has 3 nitrogen and oxygen atoms in total. The van der Waals surface area contributed by atoms with E-state index in [0.717, 1.165) is 60.0 Å². The molecule has 2 aliphatic rings. The van der Waals surface area contributed by atoms with E-state index in [1.165, 1.54) is 12.1 Å². The fraction of sp³-hybridized carbons (Fsp3) is 0.269. The van der Waals surface area contributed by atoms with Crippen LogP contribution in [-0.2, 0) is 13.1 Å². The Bertz CT molecular complexity index is 1170. The van der Waals surface area contributed by atoms with Crippen LogP contribution in [0.5, 0.6) is 0 Å². The molecule has 0 unspecified atom stereocenters. The average molecular weight is 435 g/mol. The van der Waals surface area contributed by atoms with Crippen LogP contribution in [0.25, 0.3) is 12.2 Å². The van der Waals surface area contributed by atoms with Crippen LogP contribution in [0.15, 0.2) is 65.5 Å². The van der Waals surface area contributed by atoms with Crippen LogP contribution >= 0.6 is 11.6 Å². The lowest BCUT2D eigenvalue weighted by Crippen LogP contribution is -2.47. The van der Waals surface area contributed by atoms with Gasteiger partial charge in [-0.25, -0.2) is 4.39 Å². The molecule has 0 amide bonds. The van der Waals surface area contributed by atoms with E-state index in [0.29, 0.717) is 11.8 Å². The molecule has 2 aliphatic heterocycles. The van der Waals surface area contributed by atoms with Gasteiger partial charge in [0.1, 0.15) is 5.82 Å². The van der Waals surface area contributed by atoms with Gasteiger partial charge < -0.3 is 4.57 Å². The van der Waals surface area contributed by atoms with Crippen molar-refractivity contribution < 1.29 is 4.39 Å². The summed E-state index contributed by atoms with van der Waals surface area (Å²) >= 11 is 5.99. The molecular formula is C26H24ClFN2O. The number of fused-ring (bicyclic) bond motifs is 4. The van der Waals surface area contributed by atoms with E-state index in [2.05, 4.69) is 17.1 Å². The van der Waals surface area contributed by atoms with Crippen LogP contribution in [0.2, 0.25) is 5.02 Å². The van der Waals surface area contributed by atoms with Gasteiger partial charge in [-0.3, -0.25) is 9.69 Å². The molecule has 0 spiro atoms. The third-order valence-corrected chi connectivity index (χ3v) is 6.60. The highest BCUT2D eigenvalue weighted by Crippen LogP contribution is 2.37. The van der Waals surface area contributed by atoms with Crippen LogP contribution in [0, 0.1) is 11.7 Å². The predicted octanol–water partition coefficient (Wildman–Crippen LogP) is 5.43. The molecule has 158 valence electrons. The van der Waals surface area contributed by atoms with Crippen LogP contribution in [0.3, 0.4) is 0 Å². The summed E-state index contributed by atoms with van der Waals surface area (Å²) in [7, 11) is 0. The number of pyridine rings is 1. The zero-order valence-electron chi connectivity index (χ0n) is 17.2. The summed E-state index contributed by atoms with van der Waals surface area (Å²) in [6, 6.07) is 18.1. The number of nitrogens with zero attached hydrogens (tertiary/aromatic N) is 2. The topological polar surface area (TPSA) is 25.2 Å². The van der Waals surface area contributed by atoms with E-state index in [9.17, 15) is 9.18 Å². The first kappa shape index (κ1) is 20.2. The quantitative estimate of drug-likeness (QED) is 0.547. The number of piperidine rings is 1. The standard InChI is InChI=1S/C26H24ClFN2O/c27-23-8-2-18(3-9-23)1-6-21-7-12-25(31)30-16-20-13-22(26(21)30)17-29(15-20)14-19-4-10-24(28)11-5-19/h1-12,20,22H,13-17H2/t20-,22-/m1/s1. The molecule has 3 heterocycles. The molecule has 0 saturated carbocycles. The zero-order chi connectivity index (χ0) is 21.4. The summed E-state index contributed by atoms with van der Waals surface area (Å²) in [5.41, 5.74) is 4.51. The zero-order valence-corrected chi connectivity index (χ0v) is 17.9. The number of aromatic nitrogens is 1. The highest BCUT2D eigenvalue weighted by atomic mass is 35.5. The molecule has 0 N–H and O–H groups in total. The van der Waals surface area contributed by atoms with E-state index in [-0.39, 0.29) is 11.4 Å². The van der Waals surface area contributed by atoms with Crippen molar-refractivity contribution in [2.24, 2.45) is 5.92 Å². The minimum atomic E-state index is -0.204. The van der Waals surface area contributed by atoms with Gasteiger partial charge in [0.15, 0.2) is 0 Å². The third kappa shape index (κ3) is 4.36. The maximum absolute atomic E-state index is 13.3. The molecule has 1 aromatic heterocycles. The summed E-state index contributed by atoms with van der Waals surface area (Å²) < 4.78 is 15.2. The summed E-state index contributed by atoms with van der Waals surface area (Å²) in [6.07, 6.45) is 5.28. The van der Waals surface area contributed by atoms with Crippen molar-refractivity contribution in [1.29, 1.82) is 0 Å². The van der Waals surface area contributed by atoms with Gasteiger partial charge in [-0.05, 0) is 59.4 Å². The second-order valence-corrected chi connectivity index (χ2v) is 9.06. The molecule has 0 aliphatic carbocycles. The van der Waals surface area contributed by atoms with Gasteiger partial charge in [0.25, 0.3) is 5.56 Å². The Kier molecular flexibility index (Phi) is 5.51. The van der Waals surface area contributed by atoms with Crippen molar-refractivity contribution in [3.63, 3.8) is 0 Å². The second kappa shape index (κ2) is 8.45. The van der Waals surface area contributed by atoms with E-state index in [1.54, 1.807) is 6.07 Å². The molecule has 31 heavy (non-hydrogen) atoms. The lowest BCUT2D eigenvalue weighted by atomic mass is 9.81. The normalized spacial score (nSPS) is 20.7. The molecule has 2 bridgehead atoms. The Morgan fingerprint density at radius 2 is 1.71 bits per heavy atom. The molecule has 2 atom stereocenters. The van der Waals surface area contributed by atoms with Crippen molar-refractivity contribution in [3.8, 4) is 0 Å². The van der Waals surface area contributed by atoms with Crippen LogP contribution in [-0.4, -0.2) is 22.6 Å². The first-order chi connectivity index (χ1) is 15.0. The third-order valence-electron chi connectivity index (χ3n) is 6.34. The molecular weight excluding hydrogens is 411 g/mol. The largest absolute Gasteiger partial charge is 0.311 e. The highest BCUT2D eigenvalue weighted by Gasteiger charge is 2.35. The number of rotatable bonds is 4. The summed E-state index contributed by atoms with van der Waals surface area (Å²) in [5.74, 6) is 0.566. The van der Waals surface area contributed by atoms with Crippen LogP contribution in [0.4, 0.5) is 4.39 Å². The minimum absolute atomic E-state index is 0.0836. The van der Waals surface area contributed by atoms with Gasteiger partial charge in [-0.2, -0.15) is 0 Å². The number of likely N-dealkylation sites (tertiary alicyclic amines) is 1. The molecule has 1 saturated heterocycles. The monoisotopic (exact) mass is 434 g/mol. The SMILES string of the molecule is O=c1ccc(C=Cc2ccc(Cl)cc2)c2n1C[C@@H]1C[C@@H]2CN(Cc2ccc(F)cc2)C1. The molecule has 3 aromatic rings. The maximum atomic E-state index is 13.3. The van der Waals surface area contributed by atoms with E-state index in [1.807, 2.05) is 47.0 Å². The van der Waals surface area contributed by atoms with E-state index < -0.39 is 0 Å². The van der Waals surface area contributed by atoms with Crippen molar-refractivity contribution in [3.05, 3.63) is 104 Å². The lowest BCUT2D eigenvalue weighted by Gasteiger charge is -2.43. The Balaban J connectivity index is 1.43.